The second kappa shape index (κ2) is 6.36. The van der Waals surface area contributed by atoms with Crippen LogP contribution >= 0.6 is 11.8 Å². The minimum absolute atomic E-state index is 0.0409. The van der Waals surface area contributed by atoms with E-state index in [1.54, 1.807) is 0 Å². The molecule has 6 nitrogen and oxygen atoms in total. The predicted molar refractivity (Wildman–Crippen MR) is 77.5 cm³/mol. The summed E-state index contributed by atoms with van der Waals surface area (Å²) in [6.45, 7) is 1.90. The monoisotopic (exact) mass is 304 g/mol. The van der Waals surface area contributed by atoms with E-state index in [0.717, 1.165) is 22.2 Å². The number of ether oxygens (including phenoxy) is 1. The van der Waals surface area contributed by atoms with Crippen LogP contribution < -0.4 is 0 Å². The number of aromatic nitrogens is 1. The van der Waals surface area contributed by atoms with Gasteiger partial charge < -0.3 is 4.74 Å². The van der Waals surface area contributed by atoms with Crippen LogP contribution in [0.4, 0.5) is 5.69 Å². The molecule has 0 radical (unpaired) electrons. The number of benzene rings is 1. The summed E-state index contributed by atoms with van der Waals surface area (Å²) in [6, 6.07) is 10.0. The first-order valence-electron chi connectivity index (χ1n) is 6.00. The molecule has 0 saturated carbocycles. The number of aryl methyl sites for hydroxylation is 1. The number of rotatable bonds is 4. The van der Waals surface area contributed by atoms with E-state index in [0.29, 0.717) is 0 Å². The molecule has 0 aliphatic rings. The van der Waals surface area contributed by atoms with Gasteiger partial charge in [0.25, 0.3) is 0 Å². The van der Waals surface area contributed by atoms with Crippen molar-refractivity contribution in [2.75, 3.05) is 7.11 Å². The van der Waals surface area contributed by atoms with Gasteiger partial charge >= 0.3 is 11.7 Å². The highest BCUT2D eigenvalue weighted by Gasteiger charge is 2.20. The molecule has 0 unspecified atom stereocenters. The highest BCUT2D eigenvalue weighted by atomic mass is 32.2. The molecular weight excluding hydrogens is 292 g/mol. The lowest BCUT2D eigenvalue weighted by molar-refractivity contribution is -0.388. The van der Waals surface area contributed by atoms with E-state index in [-0.39, 0.29) is 16.4 Å². The zero-order chi connectivity index (χ0) is 15.4. The molecule has 1 aromatic heterocycles. The summed E-state index contributed by atoms with van der Waals surface area (Å²) in [5.74, 6) is -0.628. The van der Waals surface area contributed by atoms with Gasteiger partial charge in [-0.15, -0.1) is 0 Å². The molecule has 1 heterocycles. The Morgan fingerprint density at radius 2 is 2.00 bits per heavy atom. The van der Waals surface area contributed by atoms with Crippen LogP contribution in [0.5, 0.6) is 0 Å². The lowest BCUT2D eigenvalue weighted by Crippen LogP contribution is -2.06. The number of carbonyl (C=O) groups excluding carboxylic acids is 1. The molecule has 1 aromatic carbocycles. The van der Waals surface area contributed by atoms with Gasteiger partial charge in [0.2, 0.25) is 0 Å². The van der Waals surface area contributed by atoms with Crippen molar-refractivity contribution in [2.45, 2.75) is 16.8 Å². The Bertz CT molecular complexity index is 703. The summed E-state index contributed by atoms with van der Waals surface area (Å²) in [6.07, 6.45) is 0. The average molecular weight is 304 g/mol. The molecule has 7 heteroatoms. The van der Waals surface area contributed by atoms with Gasteiger partial charge in [-0.2, -0.15) is 0 Å². The summed E-state index contributed by atoms with van der Waals surface area (Å²) in [7, 11) is 1.24. The van der Waals surface area contributed by atoms with Gasteiger partial charge in [0.05, 0.1) is 12.0 Å². The number of nitro groups is 1. The van der Waals surface area contributed by atoms with E-state index >= 15 is 0 Å². The lowest BCUT2D eigenvalue weighted by atomic mass is 10.2. The summed E-state index contributed by atoms with van der Waals surface area (Å²) >= 11 is 1.15. The fourth-order valence-electron chi connectivity index (χ4n) is 1.64. The average Bonchev–Trinajstić information content (AvgIpc) is 2.48. The summed E-state index contributed by atoms with van der Waals surface area (Å²) in [4.78, 5) is 27.0. The first-order valence-corrected chi connectivity index (χ1v) is 6.82. The largest absolute Gasteiger partial charge is 0.464 e. The molecule has 0 fully saturated rings. The SMILES string of the molecule is COC(=O)c1ccc([N+](=O)[O-])c(Sc2ccccc2C)n1. The Labute approximate surface area is 125 Å². The number of methoxy groups -OCH3 is 1. The van der Waals surface area contributed by atoms with Gasteiger partial charge in [0.1, 0.15) is 5.69 Å². The van der Waals surface area contributed by atoms with E-state index in [1.165, 1.54) is 19.2 Å². The third-order valence-corrected chi connectivity index (χ3v) is 3.90. The number of hydrogen-bond donors (Lipinski definition) is 0. The van der Waals surface area contributed by atoms with E-state index in [2.05, 4.69) is 9.72 Å². The van der Waals surface area contributed by atoms with Gasteiger partial charge in [0, 0.05) is 11.0 Å². The zero-order valence-electron chi connectivity index (χ0n) is 11.4. The van der Waals surface area contributed by atoms with Crippen molar-refractivity contribution in [1.82, 2.24) is 4.98 Å². The number of esters is 1. The minimum atomic E-state index is -0.628. The van der Waals surface area contributed by atoms with Gasteiger partial charge in [0.15, 0.2) is 5.03 Å². The van der Waals surface area contributed by atoms with Crippen LogP contribution in [0.15, 0.2) is 46.3 Å². The molecule has 0 aliphatic heterocycles. The molecule has 21 heavy (non-hydrogen) atoms. The Balaban J connectivity index is 2.46. The lowest BCUT2D eigenvalue weighted by Gasteiger charge is -2.06. The standard InChI is InChI=1S/C14H12N2O4S/c1-9-5-3-4-6-12(9)21-13-11(16(18)19)8-7-10(15-13)14(17)20-2/h3-8H,1-2H3. The molecule has 2 aromatic rings. The van der Waals surface area contributed by atoms with Crippen LogP contribution in [0.1, 0.15) is 16.1 Å². The van der Waals surface area contributed by atoms with Crippen LogP contribution in [0.25, 0.3) is 0 Å². The predicted octanol–water partition coefficient (Wildman–Crippen LogP) is 3.24. The number of hydrogen-bond acceptors (Lipinski definition) is 6. The van der Waals surface area contributed by atoms with E-state index < -0.39 is 10.9 Å². The highest BCUT2D eigenvalue weighted by Crippen LogP contribution is 2.34. The molecule has 0 atom stereocenters. The van der Waals surface area contributed by atoms with Crippen LogP contribution in [-0.2, 0) is 4.74 Å². The Kier molecular flexibility index (Phi) is 4.54. The van der Waals surface area contributed by atoms with Crippen molar-refractivity contribution in [2.24, 2.45) is 0 Å². The van der Waals surface area contributed by atoms with Crippen molar-refractivity contribution >= 4 is 23.4 Å². The third-order valence-electron chi connectivity index (χ3n) is 2.73. The zero-order valence-corrected chi connectivity index (χ0v) is 12.2. The summed E-state index contributed by atoms with van der Waals surface area (Å²) in [5, 5.41) is 11.2. The molecule has 0 spiro atoms. The van der Waals surface area contributed by atoms with Gasteiger partial charge in [-0.05, 0) is 24.6 Å². The summed E-state index contributed by atoms with van der Waals surface area (Å²) in [5.41, 5.74) is 0.872. The number of nitrogens with zero attached hydrogens (tertiary/aromatic N) is 2. The first-order chi connectivity index (χ1) is 10.0. The van der Waals surface area contributed by atoms with Crippen molar-refractivity contribution in [1.29, 1.82) is 0 Å². The van der Waals surface area contributed by atoms with Gasteiger partial charge in [-0.1, -0.05) is 30.0 Å². The fraction of sp³-hybridized carbons (Fsp3) is 0.143. The van der Waals surface area contributed by atoms with Crippen LogP contribution in [0, 0.1) is 17.0 Å². The topological polar surface area (TPSA) is 82.3 Å². The number of pyridine rings is 1. The maximum atomic E-state index is 11.5. The van der Waals surface area contributed by atoms with E-state index in [4.69, 9.17) is 0 Å². The molecule has 108 valence electrons. The fourth-order valence-corrected chi connectivity index (χ4v) is 2.62. The van der Waals surface area contributed by atoms with Crippen molar-refractivity contribution in [3.8, 4) is 0 Å². The second-order valence-electron chi connectivity index (χ2n) is 4.14. The van der Waals surface area contributed by atoms with Crippen molar-refractivity contribution in [3.63, 3.8) is 0 Å². The van der Waals surface area contributed by atoms with Crippen molar-refractivity contribution < 1.29 is 14.5 Å². The van der Waals surface area contributed by atoms with Gasteiger partial charge in [-0.3, -0.25) is 10.1 Å². The Morgan fingerprint density at radius 3 is 2.62 bits per heavy atom. The molecule has 0 amide bonds. The summed E-state index contributed by atoms with van der Waals surface area (Å²) < 4.78 is 4.58. The Morgan fingerprint density at radius 1 is 1.29 bits per heavy atom. The highest BCUT2D eigenvalue weighted by molar-refractivity contribution is 7.99. The molecular formula is C14H12N2O4S. The maximum absolute atomic E-state index is 11.5. The van der Waals surface area contributed by atoms with Crippen LogP contribution in [-0.4, -0.2) is 23.0 Å². The van der Waals surface area contributed by atoms with E-state index in [1.807, 2.05) is 31.2 Å². The quantitative estimate of drug-likeness (QED) is 0.490. The third kappa shape index (κ3) is 3.38. The smallest absolute Gasteiger partial charge is 0.356 e. The van der Waals surface area contributed by atoms with Crippen LogP contribution in [0.3, 0.4) is 0 Å². The number of carbonyl (C=O) groups is 1. The van der Waals surface area contributed by atoms with Gasteiger partial charge in [-0.25, -0.2) is 9.78 Å². The molecule has 0 aliphatic carbocycles. The maximum Gasteiger partial charge on any atom is 0.356 e. The normalized spacial score (nSPS) is 10.2. The molecule has 0 N–H and O–H groups in total. The van der Waals surface area contributed by atoms with Crippen molar-refractivity contribution in [3.05, 3.63) is 57.8 Å². The minimum Gasteiger partial charge on any atom is -0.464 e. The first kappa shape index (κ1) is 15.0. The second-order valence-corrected chi connectivity index (χ2v) is 5.17. The molecule has 2 rings (SSSR count). The van der Waals surface area contributed by atoms with Crippen LogP contribution in [0.2, 0.25) is 0 Å². The van der Waals surface area contributed by atoms with E-state index in [9.17, 15) is 14.9 Å². The molecule has 0 saturated heterocycles. The Hall–Kier alpha value is -2.41. The molecule has 0 bridgehead atoms.